The quantitative estimate of drug-likeness (QED) is 0.256. The summed E-state index contributed by atoms with van der Waals surface area (Å²) in [6.07, 6.45) is 0. The van der Waals surface area contributed by atoms with Gasteiger partial charge in [-0.1, -0.05) is 6.07 Å². The maximum atomic E-state index is 10.9. The monoisotopic (exact) mass is 167 g/mol. The molecule has 6 N–H and O–H groups in total. The Morgan fingerprint density at radius 1 is 1.42 bits per heavy atom. The Balaban J connectivity index is 2.93. The van der Waals surface area contributed by atoms with Crippen LogP contribution >= 0.6 is 0 Å². The fourth-order valence-electron chi connectivity index (χ4n) is 0.715. The van der Waals surface area contributed by atoms with Crippen molar-refractivity contribution in [2.24, 2.45) is 11.7 Å². The van der Waals surface area contributed by atoms with Gasteiger partial charge in [-0.05, 0) is 12.1 Å². The van der Waals surface area contributed by atoms with Gasteiger partial charge in [-0.25, -0.2) is 16.7 Å². The Hall–Kier alpha value is -1.66. The third kappa shape index (κ3) is 1.68. The molecule has 6 heteroatoms. The van der Waals surface area contributed by atoms with Crippen molar-refractivity contribution in [3.05, 3.63) is 23.9 Å². The van der Waals surface area contributed by atoms with Crippen LogP contribution in [0.4, 0.5) is 5.82 Å². The van der Waals surface area contributed by atoms with Gasteiger partial charge in [-0.2, -0.15) is 0 Å². The fourth-order valence-corrected chi connectivity index (χ4v) is 0.715. The number of anilines is 1. The van der Waals surface area contributed by atoms with Crippen LogP contribution in [0.1, 0.15) is 10.5 Å². The van der Waals surface area contributed by atoms with E-state index in [-0.39, 0.29) is 5.69 Å². The van der Waals surface area contributed by atoms with E-state index in [1.54, 1.807) is 12.1 Å². The molecule has 0 aromatic carbocycles. The van der Waals surface area contributed by atoms with E-state index >= 15 is 0 Å². The molecule has 12 heavy (non-hydrogen) atoms. The smallest absolute Gasteiger partial charge is 0.283 e. The zero-order chi connectivity index (χ0) is 8.97. The van der Waals surface area contributed by atoms with Gasteiger partial charge < -0.3 is 5.43 Å². The van der Waals surface area contributed by atoms with Crippen LogP contribution in [-0.4, -0.2) is 10.9 Å². The number of rotatable bonds is 2. The first-order chi connectivity index (χ1) is 5.77. The number of hydrogen-bond donors (Lipinski definition) is 4. The van der Waals surface area contributed by atoms with Crippen molar-refractivity contribution in [1.82, 2.24) is 10.4 Å². The molecule has 1 rings (SSSR count). The average molecular weight is 167 g/mol. The summed E-state index contributed by atoms with van der Waals surface area (Å²) in [5.41, 5.74) is 4.49. The van der Waals surface area contributed by atoms with Gasteiger partial charge in [0, 0.05) is 0 Å². The van der Waals surface area contributed by atoms with Gasteiger partial charge in [0.25, 0.3) is 5.91 Å². The number of amides is 1. The van der Waals surface area contributed by atoms with Crippen LogP contribution in [-0.2, 0) is 0 Å². The molecule has 0 atom stereocenters. The molecule has 0 saturated carbocycles. The van der Waals surface area contributed by atoms with Crippen LogP contribution in [0.3, 0.4) is 0 Å². The van der Waals surface area contributed by atoms with Crippen molar-refractivity contribution in [1.29, 1.82) is 0 Å². The zero-order valence-corrected chi connectivity index (χ0v) is 6.24. The molecule has 1 aromatic rings. The molecule has 0 aliphatic heterocycles. The largest absolute Gasteiger partial charge is 0.308 e. The second-order valence-corrected chi connectivity index (χ2v) is 2.03. The molecular formula is C6H9N5O. The summed E-state index contributed by atoms with van der Waals surface area (Å²) in [7, 11) is 0. The molecule has 1 aromatic heterocycles. The van der Waals surface area contributed by atoms with E-state index in [2.05, 4.69) is 10.4 Å². The van der Waals surface area contributed by atoms with E-state index in [4.69, 9.17) is 11.7 Å². The minimum atomic E-state index is -0.452. The summed E-state index contributed by atoms with van der Waals surface area (Å²) in [6, 6.07) is 4.81. The van der Waals surface area contributed by atoms with E-state index in [1.807, 2.05) is 5.43 Å². The van der Waals surface area contributed by atoms with Gasteiger partial charge in [0.2, 0.25) is 0 Å². The maximum Gasteiger partial charge on any atom is 0.283 e. The highest BCUT2D eigenvalue weighted by atomic mass is 16.2. The number of carbonyl (C=O) groups excluding carboxylic acids is 1. The van der Waals surface area contributed by atoms with Crippen molar-refractivity contribution in [3.63, 3.8) is 0 Å². The molecule has 0 bridgehead atoms. The maximum absolute atomic E-state index is 10.9. The van der Waals surface area contributed by atoms with E-state index in [1.165, 1.54) is 6.07 Å². The Morgan fingerprint density at radius 3 is 2.75 bits per heavy atom. The topological polar surface area (TPSA) is 106 Å². The molecule has 0 radical (unpaired) electrons. The minimum Gasteiger partial charge on any atom is -0.308 e. The molecule has 1 amide bonds. The van der Waals surface area contributed by atoms with Crippen molar-refractivity contribution >= 4 is 11.7 Å². The standard InChI is InChI=1S/C6H9N5O/c7-10-5-3-1-2-4(9-5)6(12)11-8/h1-3H,7-8H2,(H,9,10)(H,11,12). The Morgan fingerprint density at radius 2 is 2.17 bits per heavy atom. The number of hydrogen-bond acceptors (Lipinski definition) is 5. The summed E-state index contributed by atoms with van der Waals surface area (Å²) >= 11 is 0. The lowest BCUT2D eigenvalue weighted by Crippen LogP contribution is -2.30. The first-order valence-electron chi connectivity index (χ1n) is 3.22. The molecule has 0 spiro atoms. The van der Waals surface area contributed by atoms with E-state index in [9.17, 15) is 4.79 Å². The predicted octanol–water partition coefficient (Wildman–Crippen LogP) is -1.03. The normalized spacial score (nSPS) is 9.17. The third-order valence-corrected chi connectivity index (χ3v) is 1.26. The summed E-state index contributed by atoms with van der Waals surface area (Å²) in [5, 5.41) is 0. The molecule has 0 aliphatic carbocycles. The van der Waals surface area contributed by atoms with Crippen molar-refractivity contribution in [3.8, 4) is 0 Å². The molecule has 0 unspecified atom stereocenters. The third-order valence-electron chi connectivity index (χ3n) is 1.26. The van der Waals surface area contributed by atoms with Crippen LogP contribution in [0.2, 0.25) is 0 Å². The highest BCUT2D eigenvalue weighted by Gasteiger charge is 2.04. The highest BCUT2D eigenvalue weighted by Crippen LogP contribution is 2.01. The molecule has 1 heterocycles. The van der Waals surface area contributed by atoms with Gasteiger partial charge in [0.05, 0.1) is 0 Å². The number of carbonyl (C=O) groups is 1. The van der Waals surface area contributed by atoms with Gasteiger partial charge >= 0.3 is 0 Å². The lowest BCUT2D eigenvalue weighted by Gasteiger charge is -2.01. The number of aromatic nitrogens is 1. The second-order valence-electron chi connectivity index (χ2n) is 2.03. The van der Waals surface area contributed by atoms with Crippen molar-refractivity contribution < 1.29 is 4.79 Å². The first kappa shape index (κ1) is 8.44. The van der Waals surface area contributed by atoms with Crippen molar-refractivity contribution in [2.75, 3.05) is 5.43 Å². The number of nitrogen functional groups attached to an aromatic ring is 2. The molecule has 0 aliphatic rings. The van der Waals surface area contributed by atoms with Crippen LogP contribution in [0.5, 0.6) is 0 Å². The summed E-state index contributed by atoms with van der Waals surface area (Å²) in [4.78, 5) is 14.7. The number of nitrogens with zero attached hydrogens (tertiary/aromatic N) is 1. The van der Waals surface area contributed by atoms with Gasteiger partial charge in [0.15, 0.2) is 0 Å². The Bertz CT molecular complexity index is 287. The predicted molar refractivity (Wildman–Crippen MR) is 43.7 cm³/mol. The number of hydrazine groups is 2. The van der Waals surface area contributed by atoms with Crippen molar-refractivity contribution in [2.45, 2.75) is 0 Å². The summed E-state index contributed by atoms with van der Waals surface area (Å²) in [5.74, 6) is 9.95. The van der Waals surface area contributed by atoms with Crippen LogP contribution in [0, 0.1) is 0 Å². The first-order valence-corrected chi connectivity index (χ1v) is 3.22. The summed E-state index contributed by atoms with van der Waals surface area (Å²) in [6.45, 7) is 0. The van der Waals surface area contributed by atoms with E-state index < -0.39 is 5.91 Å². The van der Waals surface area contributed by atoms with Gasteiger partial charge in [-0.15, -0.1) is 0 Å². The second kappa shape index (κ2) is 3.65. The number of nitrogens with one attached hydrogen (secondary N) is 2. The zero-order valence-electron chi connectivity index (χ0n) is 6.24. The van der Waals surface area contributed by atoms with Crippen LogP contribution in [0.15, 0.2) is 18.2 Å². The van der Waals surface area contributed by atoms with E-state index in [0.717, 1.165) is 0 Å². The van der Waals surface area contributed by atoms with Gasteiger partial charge in [0.1, 0.15) is 11.5 Å². The molecule has 6 nitrogen and oxygen atoms in total. The lowest BCUT2D eigenvalue weighted by molar-refractivity contribution is 0.0949. The highest BCUT2D eigenvalue weighted by molar-refractivity contribution is 5.92. The molecular weight excluding hydrogens is 158 g/mol. The Kier molecular flexibility index (Phi) is 2.57. The van der Waals surface area contributed by atoms with E-state index in [0.29, 0.717) is 5.82 Å². The summed E-state index contributed by atoms with van der Waals surface area (Å²) < 4.78 is 0. The molecule has 0 fully saturated rings. The fraction of sp³-hybridized carbons (Fsp3) is 0. The minimum absolute atomic E-state index is 0.216. The lowest BCUT2D eigenvalue weighted by atomic mass is 10.3. The number of nitrogens with two attached hydrogens (primary N) is 2. The molecule has 64 valence electrons. The SMILES string of the molecule is NNC(=O)c1cccc(NN)n1. The number of pyridine rings is 1. The average Bonchev–Trinajstić information content (AvgIpc) is 2.17. The van der Waals surface area contributed by atoms with Crippen LogP contribution in [0.25, 0.3) is 0 Å². The Labute approximate surface area is 68.9 Å². The molecule has 0 saturated heterocycles. The van der Waals surface area contributed by atoms with Crippen LogP contribution < -0.4 is 22.5 Å². The van der Waals surface area contributed by atoms with Gasteiger partial charge in [-0.3, -0.25) is 10.2 Å².